The van der Waals surface area contributed by atoms with Crippen molar-refractivity contribution in [3.05, 3.63) is 149 Å². The summed E-state index contributed by atoms with van der Waals surface area (Å²) in [6.07, 6.45) is 9.14. The predicted molar refractivity (Wildman–Crippen MR) is 405 cm³/mol. The molecule has 534 valence electrons. The van der Waals surface area contributed by atoms with Gasteiger partial charge in [0.25, 0.3) is 0 Å². The lowest BCUT2D eigenvalue weighted by Gasteiger charge is -2.37. The van der Waals surface area contributed by atoms with Crippen molar-refractivity contribution in [2.45, 2.75) is 260 Å². The fourth-order valence-electron chi connectivity index (χ4n) is 6.86. The molecule has 0 aliphatic rings. The summed E-state index contributed by atoms with van der Waals surface area (Å²) in [4.78, 5) is 26.7. The lowest BCUT2D eigenvalue weighted by Crippen LogP contribution is -2.54. The van der Waals surface area contributed by atoms with E-state index in [2.05, 4.69) is 189 Å². The summed E-state index contributed by atoms with van der Waals surface area (Å²) in [5.74, 6) is 2.12. The maximum absolute atomic E-state index is 12.7. The van der Waals surface area contributed by atoms with Crippen molar-refractivity contribution in [3.63, 3.8) is 0 Å². The molecule has 0 aliphatic heterocycles. The van der Waals surface area contributed by atoms with Crippen molar-refractivity contribution in [2.75, 3.05) is 0 Å². The van der Waals surface area contributed by atoms with Gasteiger partial charge in [-0.25, -0.2) is 57.3 Å². The molecular weight excluding hydrogens is 1410 g/mol. The Kier molecular flexibility index (Phi) is 33.9. The molecule has 0 fully saturated rings. The van der Waals surface area contributed by atoms with Crippen LogP contribution in [0.15, 0.2) is 139 Å². The van der Waals surface area contributed by atoms with E-state index in [0.29, 0.717) is 44.3 Å². The first-order chi connectivity index (χ1) is 42.8. The topological polar surface area (TPSA) is 327 Å². The van der Waals surface area contributed by atoms with E-state index in [1.54, 1.807) is 54.9 Å². The normalized spacial score (nSPS) is 14.1. The van der Waals surface area contributed by atoms with Gasteiger partial charge in [0.05, 0.1) is 19.6 Å². The summed E-state index contributed by atoms with van der Waals surface area (Å²) in [5.41, 5.74) is 5.74. The monoisotopic (exact) mass is 1520 g/mol. The van der Waals surface area contributed by atoms with Crippen molar-refractivity contribution in [3.8, 4) is 0 Å². The number of aromatic nitrogens is 6. The Balaban J connectivity index is 0.000000580. The fourth-order valence-corrected chi connectivity index (χ4v) is 22.8. The molecule has 0 saturated carbocycles. The molecular formula is C66H113BrN12O8S5Si3. The first-order valence-electron chi connectivity index (χ1n) is 31.6. The lowest BCUT2D eigenvalue weighted by atomic mass is 10.1. The third-order valence-corrected chi connectivity index (χ3v) is 41.8. The number of pyridine rings is 6. The summed E-state index contributed by atoms with van der Waals surface area (Å²) in [7, 11) is -19.2. The van der Waals surface area contributed by atoms with E-state index in [-0.39, 0.29) is 30.8 Å². The van der Waals surface area contributed by atoms with Crippen molar-refractivity contribution < 1.29 is 34.0 Å². The third-order valence-electron chi connectivity index (χ3n) is 16.4. The van der Waals surface area contributed by atoms with Gasteiger partial charge in [0.1, 0.15) is 49.4 Å². The van der Waals surface area contributed by atoms with Gasteiger partial charge in [-0.15, -0.1) is 0 Å². The number of halogens is 1. The Morgan fingerprint density at radius 2 is 0.653 bits per heavy atom. The molecule has 20 nitrogen and oxygen atoms in total. The average molecular weight is 1530 g/mol. The Labute approximate surface area is 587 Å². The number of sulfonamides is 2. The standard InChI is InChI=1S/2C14H27N3OSSi.C14H26N2O2SSi.C8H10BrN.C8H12N2O2S.C8H11NO2S/c2*1-11(2)13-9-8-12(10-16-13)19(15,18)17-20(6,7)14(3,4)5;1-11(2)13-9-8-12(10-15-13)19(17,18)16-20(6,7)14(3,4)5;1-6(2)8-4-3-7(9)5-10-8;1-6(2)8-4-3-7(5-10-8)13(9,11)12;1-6(2)8-4-3-7(5-9-8)12(10)11/h2*8-11H,1-7H3,(H2,15,17,18);8-11,16H,1-7H3;3-6H,1-2H3;3-6H,1-2H3,(H2,9,11,12);3-6H,1-2H3,(H,10,11). The van der Waals surface area contributed by atoms with E-state index >= 15 is 0 Å². The van der Waals surface area contributed by atoms with Crippen molar-refractivity contribution in [1.29, 1.82) is 9.56 Å². The van der Waals surface area contributed by atoms with Crippen LogP contribution in [-0.4, -0.2) is 88.6 Å². The number of rotatable bonds is 17. The predicted octanol–water partition coefficient (Wildman–Crippen LogP) is 17.3. The van der Waals surface area contributed by atoms with E-state index in [1.807, 2.05) is 85.1 Å². The maximum Gasteiger partial charge on any atom is 0.239 e. The third kappa shape index (κ3) is 29.6. The molecule has 0 spiro atoms. The molecule has 8 N–H and O–H groups in total. The summed E-state index contributed by atoms with van der Waals surface area (Å²) < 4.78 is 118. The fraction of sp³-hybridized carbons (Fsp3) is 0.545. The van der Waals surface area contributed by atoms with Crippen LogP contribution in [0.1, 0.15) is 215 Å². The molecule has 3 unspecified atom stereocenters. The second kappa shape index (κ2) is 36.2. The number of hydrogen-bond donors (Lipinski definition) is 7. The van der Waals surface area contributed by atoms with Gasteiger partial charge in [-0.3, -0.25) is 29.9 Å². The number of nitrogens with two attached hydrogens (primary N) is 1. The second-order valence-corrected chi connectivity index (χ2v) is 54.6. The van der Waals surface area contributed by atoms with Crippen molar-refractivity contribution in [1.82, 2.24) is 43.1 Å². The molecule has 6 aromatic heterocycles. The average Bonchev–Trinajstić information content (AvgIpc) is 0.808. The van der Waals surface area contributed by atoms with E-state index in [0.717, 1.165) is 38.6 Å². The second-order valence-electron chi connectivity index (χ2n) is 29.8. The lowest BCUT2D eigenvalue weighted by molar-refractivity contribution is 0.563. The van der Waals surface area contributed by atoms with Gasteiger partial charge >= 0.3 is 0 Å². The van der Waals surface area contributed by atoms with Gasteiger partial charge in [-0.2, -0.15) is 0 Å². The van der Waals surface area contributed by atoms with Gasteiger partial charge in [0.2, 0.25) is 20.0 Å². The minimum atomic E-state index is -3.61. The van der Waals surface area contributed by atoms with Gasteiger partial charge < -0.3 is 4.55 Å². The highest BCUT2D eigenvalue weighted by Crippen LogP contribution is 2.37. The van der Waals surface area contributed by atoms with Gasteiger partial charge in [-0.05, 0) is 139 Å². The van der Waals surface area contributed by atoms with Crippen LogP contribution in [0.5, 0.6) is 0 Å². The molecule has 0 amide bonds. The summed E-state index contributed by atoms with van der Waals surface area (Å²) in [6.45, 7) is 56.1. The number of nitrogens with one attached hydrogen (secondary N) is 5. The van der Waals surface area contributed by atoms with Crippen molar-refractivity contribution in [2.24, 2.45) is 5.14 Å². The van der Waals surface area contributed by atoms with Gasteiger partial charge in [0, 0.05) is 75.8 Å². The Morgan fingerprint density at radius 3 is 0.863 bits per heavy atom. The number of nitrogens with zero attached hydrogens (tertiary/aromatic N) is 6. The summed E-state index contributed by atoms with van der Waals surface area (Å²) in [6, 6.07) is 21.3. The van der Waals surface area contributed by atoms with Crippen LogP contribution in [0.3, 0.4) is 0 Å². The minimum absolute atomic E-state index is 0.0298. The zero-order chi connectivity index (χ0) is 74.1. The van der Waals surface area contributed by atoms with Crippen LogP contribution in [0.4, 0.5) is 0 Å². The number of primary sulfonamides is 1. The molecule has 3 atom stereocenters. The zero-order valence-electron chi connectivity index (χ0n) is 61.3. The highest BCUT2D eigenvalue weighted by atomic mass is 79.9. The summed E-state index contributed by atoms with van der Waals surface area (Å²) >= 11 is 1.42. The minimum Gasteiger partial charge on any atom is -0.302 e. The molecule has 6 heterocycles. The Morgan fingerprint density at radius 1 is 0.411 bits per heavy atom. The van der Waals surface area contributed by atoms with Crippen LogP contribution in [0, 0.1) is 9.56 Å². The first kappa shape index (κ1) is 88.8. The molecule has 95 heavy (non-hydrogen) atoms. The quantitative estimate of drug-likeness (QED) is 0.0330. The molecule has 0 radical (unpaired) electrons. The van der Waals surface area contributed by atoms with E-state index in [9.17, 15) is 29.5 Å². The summed E-state index contributed by atoms with van der Waals surface area (Å²) in [5, 5.41) is 4.92. The van der Waals surface area contributed by atoms with Crippen LogP contribution in [0.25, 0.3) is 0 Å². The van der Waals surface area contributed by atoms with Crippen LogP contribution in [0.2, 0.25) is 54.4 Å². The molecule has 6 rings (SSSR count). The smallest absolute Gasteiger partial charge is 0.239 e. The van der Waals surface area contributed by atoms with E-state index < -0.39 is 75.7 Å². The first-order valence-corrected chi connectivity index (χ1v) is 48.6. The highest BCUT2D eigenvalue weighted by Gasteiger charge is 2.41. The molecule has 6 aromatic rings. The largest absolute Gasteiger partial charge is 0.302 e. The molecule has 0 bridgehead atoms. The van der Waals surface area contributed by atoms with Crippen LogP contribution in [-0.2, 0) is 51.0 Å². The maximum atomic E-state index is 12.7. The van der Waals surface area contributed by atoms with E-state index in [4.69, 9.17) is 19.3 Å². The van der Waals surface area contributed by atoms with Gasteiger partial charge in [-0.1, -0.05) is 185 Å². The van der Waals surface area contributed by atoms with E-state index in [1.165, 1.54) is 24.7 Å². The van der Waals surface area contributed by atoms with Crippen molar-refractivity contribution >= 4 is 91.6 Å². The Hall–Kier alpha value is -4.22. The molecule has 0 aromatic carbocycles. The number of hydrogen-bond acceptors (Lipinski definition) is 15. The van der Waals surface area contributed by atoms with Gasteiger partial charge in [0.15, 0.2) is 11.1 Å². The zero-order valence-corrected chi connectivity index (χ0v) is 70.0. The van der Waals surface area contributed by atoms with Crippen LogP contribution < -0.4 is 18.3 Å². The highest BCUT2D eigenvalue weighted by molar-refractivity contribution is 9.10. The SMILES string of the molecule is CC(C)c1ccc(Br)cn1.CC(C)c1ccc(S(=N)(=O)N[Si](C)(C)C(C)(C)C)cn1.CC(C)c1ccc(S(=N)(=O)N[Si](C)(C)C(C)(C)C)cn1.CC(C)c1ccc(S(=O)(=O)N[Si](C)(C)C(C)(C)C)cn1.CC(C)c1ccc(S(=O)O)cn1.CC(C)c1ccc(S(N)(=O)=O)cn1. The van der Waals surface area contributed by atoms with Crippen LogP contribution >= 0.6 is 15.9 Å². The molecule has 29 heteroatoms. The molecule has 0 aliphatic carbocycles. The molecule has 0 saturated heterocycles. The Bertz CT molecular complexity index is 3580.